The third-order valence-corrected chi connectivity index (χ3v) is 3.93. The molecular formula is C15H19N3O2. The molecule has 3 rings (SSSR count). The zero-order chi connectivity index (χ0) is 14.1. The Hall–Kier alpha value is -1.85. The number of amides is 1. The molecule has 1 aliphatic heterocycles. The van der Waals surface area contributed by atoms with Crippen LogP contribution in [0, 0.1) is 6.92 Å². The van der Waals surface area contributed by atoms with E-state index in [4.69, 9.17) is 10.6 Å². The molecule has 3 N–H and O–H groups in total. The van der Waals surface area contributed by atoms with Crippen LogP contribution < -0.4 is 11.3 Å². The van der Waals surface area contributed by atoms with Crippen LogP contribution in [0.4, 0.5) is 0 Å². The second-order valence-corrected chi connectivity index (χ2v) is 5.31. The van der Waals surface area contributed by atoms with Crippen molar-refractivity contribution in [2.24, 2.45) is 5.84 Å². The van der Waals surface area contributed by atoms with E-state index >= 15 is 0 Å². The zero-order valence-electron chi connectivity index (χ0n) is 11.5. The average Bonchev–Trinajstić information content (AvgIpc) is 3.05. The van der Waals surface area contributed by atoms with Crippen molar-refractivity contribution in [3.8, 4) is 0 Å². The van der Waals surface area contributed by atoms with Crippen molar-refractivity contribution >= 4 is 16.8 Å². The highest BCUT2D eigenvalue weighted by Gasteiger charge is 2.30. The van der Waals surface area contributed by atoms with Crippen LogP contribution >= 0.6 is 0 Å². The average molecular weight is 273 g/mol. The second kappa shape index (κ2) is 5.26. The van der Waals surface area contributed by atoms with E-state index in [1.54, 1.807) is 0 Å². The van der Waals surface area contributed by atoms with Gasteiger partial charge in [0.2, 0.25) is 0 Å². The summed E-state index contributed by atoms with van der Waals surface area (Å²) in [5, 5.41) is 1.27. The van der Waals surface area contributed by atoms with Gasteiger partial charge in [-0.2, -0.15) is 0 Å². The van der Waals surface area contributed by atoms with Crippen molar-refractivity contribution < 1.29 is 9.53 Å². The van der Waals surface area contributed by atoms with Crippen LogP contribution in [0.3, 0.4) is 0 Å². The maximum absolute atomic E-state index is 11.5. The molecule has 1 amide bonds. The van der Waals surface area contributed by atoms with Crippen molar-refractivity contribution in [1.82, 2.24) is 9.99 Å². The lowest BCUT2D eigenvalue weighted by molar-refractivity contribution is -0.132. The Balaban J connectivity index is 1.76. The van der Waals surface area contributed by atoms with Crippen LogP contribution in [0.5, 0.6) is 0 Å². The lowest BCUT2D eigenvalue weighted by atomic mass is 10.2. The molecule has 20 heavy (non-hydrogen) atoms. The van der Waals surface area contributed by atoms with Gasteiger partial charge in [-0.25, -0.2) is 5.84 Å². The van der Waals surface area contributed by atoms with Crippen molar-refractivity contribution in [1.29, 1.82) is 0 Å². The van der Waals surface area contributed by atoms with E-state index in [9.17, 15) is 4.79 Å². The van der Waals surface area contributed by atoms with E-state index in [1.165, 1.54) is 16.5 Å². The highest BCUT2D eigenvalue weighted by atomic mass is 16.5. The Kier molecular flexibility index (Phi) is 3.46. The van der Waals surface area contributed by atoms with Crippen LogP contribution in [0.2, 0.25) is 0 Å². The molecule has 5 heteroatoms. The van der Waals surface area contributed by atoms with E-state index in [0.29, 0.717) is 0 Å². The summed E-state index contributed by atoms with van der Waals surface area (Å²) in [5.41, 5.74) is 4.62. The second-order valence-electron chi connectivity index (χ2n) is 5.31. The van der Waals surface area contributed by atoms with Gasteiger partial charge in [-0.1, -0.05) is 18.2 Å². The van der Waals surface area contributed by atoms with Crippen LogP contribution in [0.25, 0.3) is 10.9 Å². The molecule has 1 aromatic heterocycles. The predicted octanol–water partition coefficient (Wildman–Crippen LogP) is 1.49. The van der Waals surface area contributed by atoms with Gasteiger partial charge in [-0.05, 0) is 31.4 Å². The minimum atomic E-state index is -0.409. The van der Waals surface area contributed by atoms with Crippen LogP contribution in [-0.2, 0) is 16.1 Å². The molecule has 0 spiro atoms. The van der Waals surface area contributed by atoms with Gasteiger partial charge in [0.15, 0.2) is 0 Å². The molecule has 1 aromatic carbocycles. The molecule has 2 unspecified atom stereocenters. The molecule has 0 bridgehead atoms. The number of hydrogen-bond acceptors (Lipinski definition) is 3. The number of rotatable bonds is 3. The molecule has 5 nitrogen and oxygen atoms in total. The van der Waals surface area contributed by atoms with Crippen molar-refractivity contribution in [3.05, 3.63) is 36.0 Å². The highest BCUT2D eigenvalue weighted by Crippen LogP contribution is 2.25. The van der Waals surface area contributed by atoms with E-state index in [1.807, 2.05) is 12.1 Å². The van der Waals surface area contributed by atoms with Crippen LogP contribution in [0.15, 0.2) is 30.5 Å². The van der Waals surface area contributed by atoms with Crippen LogP contribution in [-0.4, -0.2) is 22.7 Å². The largest absolute Gasteiger partial charge is 0.363 e. The Labute approximate surface area is 117 Å². The third-order valence-electron chi connectivity index (χ3n) is 3.93. The quantitative estimate of drug-likeness (QED) is 0.505. The lowest BCUT2D eigenvalue weighted by Crippen LogP contribution is -2.39. The van der Waals surface area contributed by atoms with Gasteiger partial charge in [0.05, 0.1) is 6.10 Å². The number of nitrogens with two attached hydrogens (primary N) is 1. The smallest absolute Gasteiger partial charge is 0.263 e. The summed E-state index contributed by atoms with van der Waals surface area (Å²) >= 11 is 0. The Bertz CT molecular complexity index is 635. The van der Waals surface area contributed by atoms with Gasteiger partial charge in [-0.15, -0.1) is 0 Å². The summed E-state index contributed by atoms with van der Waals surface area (Å²) in [6, 6.07) is 8.33. The van der Waals surface area contributed by atoms with Gasteiger partial charge in [0, 0.05) is 23.6 Å². The maximum Gasteiger partial charge on any atom is 0.263 e. The first kappa shape index (κ1) is 13.1. The zero-order valence-corrected chi connectivity index (χ0v) is 11.5. The SMILES string of the molecule is Cc1cn(CC2CCC(C(=O)NN)O2)c2ccccc12. The number of carbonyl (C=O) groups excluding carboxylic acids is 1. The predicted molar refractivity (Wildman–Crippen MR) is 76.9 cm³/mol. The van der Waals surface area contributed by atoms with E-state index in [0.717, 1.165) is 19.4 Å². The van der Waals surface area contributed by atoms with Gasteiger partial charge >= 0.3 is 0 Å². The fraction of sp³-hybridized carbons (Fsp3) is 0.400. The normalized spacial score (nSPS) is 22.3. The first-order valence-electron chi connectivity index (χ1n) is 6.89. The summed E-state index contributed by atoms with van der Waals surface area (Å²) in [7, 11) is 0. The number of fused-ring (bicyclic) bond motifs is 1. The highest BCUT2D eigenvalue weighted by molar-refractivity contribution is 5.83. The molecule has 2 atom stereocenters. The number of hydrogen-bond donors (Lipinski definition) is 2. The summed E-state index contributed by atoms with van der Waals surface area (Å²) in [4.78, 5) is 11.5. The lowest BCUT2D eigenvalue weighted by Gasteiger charge is -2.14. The van der Waals surface area contributed by atoms with Gasteiger partial charge in [0.25, 0.3) is 5.91 Å². The van der Waals surface area contributed by atoms with Gasteiger partial charge in [-0.3, -0.25) is 10.2 Å². The number of para-hydroxylation sites is 1. The van der Waals surface area contributed by atoms with Gasteiger partial charge < -0.3 is 9.30 Å². The molecular weight excluding hydrogens is 254 g/mol. The first-order valence-corrected chi connectivity index (χ1v) is 6.89. The molecule has 1 fully saturated rings. The monoisotopic (exact) mass is 273 g/mol. The molecule has 106 valence electrons. The van der Waals surface area contributed by atoms with E-state index in [-0.39, 0.29) is 12.0 Å². The molecule has 0 saturated carbocycles. The number of nitrogens with one attached hydrogen (secondary N) is 1. The molecule has 2 aromatic rings. The number of benzene rings is 1. The number of hydrazine groups is 1. The standard InChI is InChI=1S/C15H19N3O2/c1-10-8-18(13-5-3-2-4-12(10)13)9-11-6-7-14(20-11)15(19)17-16/h2-5,8,11,14H,6-7,9,16H2,1H3,(H,17,19). The Morgan fingerprint density at radius 1 is 1.45 bits per heavy atom. The molecule has 2 heterocycles. The topological polar surface area (TPSA) is 69.3 Å². The summed E-state index contributed by atoms with van der Waals surface area (Å²) < 4.78 is 7.97. The van der Waals surface area contributed by atoms with Gasteiger partial charge in [0.1, 0.15) is 6.10 Å². The minimum Gasteiger partial charge on any atom is -0.363 e. The van der Waals surface area contributed by atoms with E-state index < -0.39 is 6.10 Å². The van der Waals surface area contributed by atoms with Crippen molar-refractivity contribution in [3.63, 3.8) is 0 Å². The molecule has 0 aliphatic carbocycles. The molecule has 1 saturated heterocycles. The van der Waals surface area contributed by atoms with Crippen molar-refractivity contribution in [2.75, 3.05) is 0 Å². The summed E-state index contributed by atoms with van der Waals surface area (Å²) in [6.07, 6.45) is 3.40. The summed E-state index contributed by atoms with van der Waals surface area (Å²) in [5.74, 6) is 4.91. The van der Waals surface area contributed by atoms with Crippen LogP contribution in [0.1, 0.15) is 18.4 Å². The van der Waals surface area contributed by atoms with Crippen molar-refractivity contribution in [2.45, 2.75) is 38.5 Å². The maximum atomic E-state index is 11.5. The molecule has 1 aliphatic rings. The first-order chi connectivity index (χ1) is 9.69. The number of aryl methyl sites for hydroxylation is 1. The fourth-order valence-corrected chi connectivity index (χ4v) is 2.93. The van der Waals surface area contributed by atoms with E-state index in [2.05, 4.69) is 35.2 Å². The molecule has 0 radical (unpaired) electrons. The minimum absolute atomic E-state index is 0.0625. The number of carbonyl (C=O) groups is 1. The fourth-order valence-electron chi connectivity index (χ4n) is 2.93. The third kappa shape index (κ3) is 2.30. The number of nitrogens with zero attached hydrogens (tertiary/aromatic N) is 1. The Morgan fingerprint density at radius 2 is 2.25 bits per heavy atom. The number of ether oxygens (including phenoxy) is 1. The number of aromatic nitrogens is 1. The summed E-state index contributed by atoms with van der Waals surface area (Å²) in [6.45, 7) is 2.88. The Morgan fingerprint density at radius 3 is 3.05 bits per heavy atom.